The van der Waals surface area contributed by atoms with Gasteiger partial charge in [-0.1, -0.05) is 45.6 Å². The standard InChI is InChI=1S/C21H38N2/c1-5-7-9-15-23(16-10-8-6-2)17-11-14-22-21-13-12-19(3)20(4)18-21/h12-13,18,22H,5-11,14-17H2,1-4H3. The summed E-state index contributed by atoms with van der Waals surface area (Å²) in [4.78, 5) is 2.67. The quantitative estimate of drug-likeness (QED) is 0.463. The van der Waals surface area contributed by atoms with Crippen molar-refractivity contribution >= 4 is 5.69 Å². The number of nitrogens with one attached hydrogen (secondary N) is 1. The van der Waals surface area contributed by atoms with Crippen molar-refractivity contribution in [2.75, 3.05) is 31.5 Å². The molecule has 0 atom stereocenters. The van der Waals surface area contributed by atoms with Crippen molar-refractivity contribution in [1.82, 2.24) is 4.90 Å². The number of hydrogen-bond donors (Lipinski definition) is 1. The molecule has 0 fully saturated rings. The molecule has 0 unspecified atom stereocenters. The van der Waals surface area contributed by atoms with Crippen LogP contribution in [0.1, 0.15) is 69.9 Å². The zero-order valence-electron chi connectivity index (χ0n) is 16.0. The molecule has 0 spiro atoms. The van der Waals surface area contributed by atoms with Crippen LogP contribution in [-0.4, -0.2) is 31.1 Å². The van der Waals surface area contributed by atoms with Crippen molar-refractivity contribution in [2.24, 2.45) is 0 Å². The summed E-state index contributed by atoms with van der Waals surface area (Å²) < 4.78 is 0. The van der Waals surface area contributed by atoms with Crippen LogP contribution in [0.2, 0.25) is 0 Å². The summed E-state index contributed by atoms with van der Waals surface area (Å²) in [5.41, 5.74) is 4.00. The minimum atomic E-state index is 1.07. The number of anilines is 1. The fourth-order valence-corrected chi connectivity index (χ4v) is 2.89. The maximum atomic E-state index is 3.58. The summed E-state index contributed by atoms with van der Waals surface area (Å²) in [6, 6.07) is 6.66. The zero-order valence-corrected chi connectivity index (χ0v) is 16.0. The lowest BCUT2D eigenvalue weighted by molar-refractivity contribution is 0.261. The Balaban J connectivity index is 2.27. The van der Waals surface area contributed by atoms with Crippen LogP contribution in [0, 0.1) is 13.8 Å². The summed E-state index contributed by atoms with van der Waals surface area (Å²) in [5, 5.41) is 3.58. The Morgan fingerprint density at radius 1 is 0.783 bits per heavy atom. The molecular formula is C21H38N2. The molecule has 0 aromatic heterocycles. The Morgan fingerprint density at radius 3 is 1.96 bits per heavy atom. The number of aryl methyl sites for hydroxylation is 2. The van der Waals surface area contributed by atoms with Crippen LogP contribution in [0.3, 0.4) is 0 Å². The number of nitrogens with zero attached hydrogens (tertiary/aromatic N) is 1. The monoisotopic (exact) mass is 318 g/mol. The number of unbranched alkanes of at least 4 members (excludes halogenated alkanes) is 4. The maximum absolute atomic E-state index is 3.58. The lowest BCUT2D eigenvalue weighted by atomic mass is 10.1. The van der Waals surface area contributed by atoms with Gasteiger partial charge in [0.15, 0.2) is 0 Å². The molecule has 2 heteroatoms. The van der Waals surface area contributed by atoms with E-state index in [1.165, 1.54) is 81.4 Å². The van der Waals surface area contributed by atoms with E-state index in [0.717, 1.165) is 6.54 Å². The highest BCUT2D eigenvalue weighted by Gasteiger charge is 2.04. The lowest BCUT2D eigenvalue weighted by Gasteiger charge is -2.22. The second-order valence-corrected chi connectivity index (χ2v) is 6.84. The average Bonchev–Trinajstić information content (AvgIpc) is 2.54. The summed E-state index contributed by atoms with van der Waals surface area (Å²) >= 11 is 0. The van der Waals surface area contributed by atoms with Crippen molar-refractivity contribution in [3.8, 4) is 0 Å². The first-order valence-corrected chi connectivity index (χ1v) is 9.70. The second kappa shape index (κ2) is 12.4. The molecule has 1 N–H and O–H groups in total. The Labute approximate surface area is 144 Å². The van der Waals surface area contributed by atoms with Gasteiger partial charge in [-0.25, -0.2) is 0 Å². The van der Waals surface area contributed by atoms with Crippen LogP contribution in [0.5, 0.6) is 0 Å². The third-order valence-corrected chi connectivity index (χ3v) is 4.64. The lowest BCUT2D eigenvalue weighted by Crippen LogP contribution is -2.28. The van der Waals surface area contributed by atoms with Crippen LogP contribution in [0.25, 0.3) is 0 Å². The van der Waals surface area contributed by atoms with Gasteiger partial charge < -0.3 is 10.2 Å². The van der Waals surface area contributed by atoms with Gasteiger partial charge in [0.1, 0.15) is 0 Å². The van der Waals surface area contributed by atoms with E-state index in [0.29, 0.717) is 0 Å². The van der Waals surface area contributed by atoms with E-state index in [-0.39, 0.29) is 0 Å². The second-order valence-electron chi connectivity index (χ2n) is 6.84. The van der Waals surface area contributed by atoms with Crippen LogP contribution in [-0.2, 0) is 0 Å². The first-order chi connectivity index (χ1) is 11.2. The van der Waals surface area contributed by atoms with Crippen LogP contribution in [0.4, 0.5) is 5.69 Å². The minimum Gasteiger partial charge on any atom is -0.385 e. The topological polar surface area (TPSA) is 15.3 Å². The van der Waals surface area contributed by atoms with E-state index in [2.05, 4.69) is 56.1 Å². The predicted molar refractivity (Wildman–Crippen MR) is 105 cm³/mol. The number of benzene rings is 1. The summed E-state index contributed by atoms with van der Waals surface area (Å²) in [6.07, 6.45) is 9.30. The predicted octanol–water partition coefficient (Wildman–Crippen LogP) is 5.79. The molecule has 0 aliphatic carbocycles. The zero-order chi connectivity index (χ0) is 16.9. The third kappa shape index (κ3) is 9.00. The Morgan fingerprint density at radius 2 is 1.39 bits per heavy atom. The Kier molecular flexibility index (Phi) is 10.8. The van der Waals surface area contributed by atoms with Crippen LogP contribution < -0.4 is 5.32 Å². The molecule has 1 aromatic rings. The van der Waals surface area contributed by atoms with Crippen molar-refractivity contribution in [2.45, 2.75) is 72.6 Å². The fraction of sp³-hybridized carbons (Fsp3) is 0.714. The smallest absolute Gasteiger partial charge is 0.0343 e. The van der Waals surface area contributed by atoms with Gasteiger partial charge >= 0.3 is 0 Å². The molecule has 0 radical (unpaired) electrons. The molecule has 0 amide bonds. The summed E-state index contributed by atoms with van der Waals surface area (Å²) in [6.45, 7) is 13.8. The third-order valence-electron chi connectivity index (χ3n) is 4.64. The molecule has 0 aliphatic rings. The molecule has 132 valence electrons. The molecule has 0 heterocycles. The Bertz CT molecular complexity index is 404. The van der Waals surface area contributed by atoms with E-state index < -0.39 is 0 Å². The molecule has 2 nitrogen and oxygen atoms in total. The molecule has 1 aromatic carbocycles. The van der Waals surface area contributed by atoms with E-state index in [9.17, 15) is 0 Å². The van der Waals surface area contributed by atoms with E-state index in [1.54, 1.807) is 0 Å². The highest BCUT2D eigenvalue weighted by molar-refractivity contribution is 5.47. The van der Waals surface area contributed by atoms with Gasteiger partial charge in [-0.05, 0) is 76.0 Å². The summed E-state index contributed by atoms with van der Waals surface area (Å²) in [7, 11) is 0. The van der Waals surface area contributed by atoms with Gasteiger partial charge in [0.25, 0.3) is 0 Å². The average molecular weight is 319 g/mol. The molecule has 1 rings (SSSR count). The van der Waals surface area contributed by atoms with Crippen molar-refractivity contribution in [3.63, 3.8) is 0 Å². The van der Waals surface area contributed by atoms with Gasteiger partial charge in [0.05, 0.1) is 0 Å². The van der Waals surface area contributed by atoms with Crippen molar-refractivity contribution < 1.29 is 0 Å². The molecule has 0 saturated carbocycles. The molecule has 0 saturated heterocycles. The number of hydrogen-bond acceptors (Lipinski definition) is 2. The maximum Gasteiger partial charge on any atom is 0.0343 e. The largest absolute Gasteiger partial charge is 0.385 e. The van der Waals surface area contributed by atoms with Gasteiger partial charge in [0, 0.05) is 12.2 Å². The summed E-state index contributed by atoms with van der Waals surface area (Å²) in [5.74, 6) is 0. The highest BCUT2D eigenvalue weighted by Crippen LogP contribution is 2.14. The molecule has 0 aliphatic heterocycles. The molecule has 23 heavy (non-hydrogen) atoms. The van der Waals surface area contributed by atoms with Crippen molar-refractivity contribution in [3.05, 3.63) is 29.3 Å². The fourth-order valence-electron chi connectivity index (χ4n) is 2.89. The highest BCUT2D eigenvalue weighted by atomic mass is 15.1. The van der Waals surface area contributed by atoms with Gasteiger partial charge in [-0.3, -0.25) is 0 Å². The SMILES string of the molecule is CCCCCN(CCCCC)CCCNc1ccc(C)c(C)c1. The first kappa shape index (κ1) is 20.0. The van der Waals surface area contributed by atoms with Crippen LogP contribution in [0.15, 0.2) is 18.2 Å². The first-order valence-electron chi connectivity index (χ1n) is 9.70. The minimum absolute atomic E-state index is 1.07. The normalized spacial score (nSPS) is 11.2. The van der Waals surface area contributed by atoms with E-state index in [4.69, 9.17) is 0 Å². The van der Waals surface area contributed by atoms with Gasteiger partial charge in [0.2, 0.25) is 0 Å². The van der Waals surface area contributed by atoms with E-state index >= 15 is 0 Å². The number of rotatable bonds is 13. The van der Waals surface area contributed by atoms with Crippen LogP contribution >= 0.6 is 0 Å². The Hall–Kier alpha value is -1.02. The van der Waals surface area contributed by atoms with Crippen molar-refractivity contribution in [1.29, 1.82) is 0 Å². The van der Waals surface area contributed by atoms with Gasteiger partial charge in [-0.2, -0.15) is 0 Å². The van der Waals surface area contributed by atoms with E-state index in [1.807, 2.05) is 0 Å². The molecular weight excluding hydrogens is 280 g/mol. The molecule has 0 bridgehead atoms. The van der Waals surface area contributed by atoms with Gasteiger partial charge in [-0.15, -0.1) is 0 Å².